The van der Waals surface area contributed by atoms with E-state index in [0.29, 0.717) is 0 Å². The first-order chi connectivity index (χ1) is 11.3. The molecule has 3 aromatic rings. The molecule has 0 saturated heterocycles. The molecule has 4 nitrogen and oxygen atoms in total. The third-order valence-corrected chi connectivity index (χ3v) is 4.82. The molecule has 1 aliphatic carbocycles. The zero-order chi connectivity index (χ0) is 15.6. The maximum atomic E-state index is 10.1. The normalized spacial score (nSPS) is 16.0. The van der Waals surface area contributed by atoms with Gasteiger partial charge in [0.15, 0.2) is 5.65 Å². The lowest BCUT2D eigenvalue weighted by atomic mass is 9.86. The van der Waals surface area contributed by atoms with Gasteiger partial charge in [0.1, 0.15) is 5.75 Å². The first kappa shape index (κ1) is 14.2. The molecule has 0 spiro atoms. The Balaban J connectivity index is 1.70. The minimum Gasteiger partial charge on any atom is -0.507 e. The van der Waals surface area contributed by atoms with Gasteiger partial charge in [0.2, 0.25) is 0 Å². The van der Waals surface area contributed by atoms with E-state index in [1.54, 1.807) is 12.3 Å². The number of phenols is 1. The summed E-state index contributed by atoms with van der Waals surface area (Å²) in [5, 5.41) is 14.9. The van der Waals surface area contributed by atoms with Gasteiger partial charge in [0.05, 0.1) is 17.6 Å². The van der Waals surface area contributed by atoms with Gasteiger partial charge in [-0.1, -0.05) is 44.2 Å². The lowest BCUT2D eigenvalue weighted by molar-refractivity contribution is 0.353. The molecule has 1 N–H and O–H groups in total. The van der Waals surface area contributed by atoms with E-state index in [9.17, 15) is 5.11 Å². The van der Waals surface area contributed by atoms with Crippen molar-refractivity contribution in [2.75, 3.05) is 0 Å². The molecule has 0 radical (unpaired) electrons. The second-order valence-electron chi connectivity index (χ2n) is 6.46. The SMILES string of the molecule is Oc1ccccc1-c1cnc2ccc(CC3CCCCC3)nn12. The van der Waals surface area contributed by atoms with E-state index < -0.39 is 0 Å². The molecular formula is C19H21N3O. The smallest absolute Gasteiger partial charge is 0.154 e. The molecule has 2 aromatic heterocycles. The lowest BCUT2D eigenvalue weighted by Crippen LogP contribution is -2.11. The van der Waals surface area contributed by atoms with Crippen LogP contribution in [0.2, 0.25) is 0 Å². The average molecular weight is 307 g/mol. The molecule has 4 heteroatoms. The number of fused-ring (bicyclic) bond motifs is 1. The van der Waals surface area contributed by atoms with Gasteiger partial charge >= 0.3 is 0 Å². The number of aromatic nitrogens is 3. The van der Waals surface area contributed by atoms with Gasteiger partial charge in [-0.3, -0.25) is 0 Å². The summed E-state index contributed by atoms with van der Waals surface area (Å²) < 4.78 is 1.85. The molecule has 0 bridgehead atoms. The number of hydrogen-bond donors (Lipinski definition) is 1. The fraction of sp³-hybridized carbons (Fsp3) is 0.368. The molecule has 4 rings (SSSR count). The summed E-state index contributed by atoms with van der Waals surface area (Å²) in [6.07, 6.45) is 9.52. The van der Waals surface area contributed by atoms with Crippen LogP contribution in [0.3, 0.4) is 0 Å². The van der Waals surface area contributed by atoms with Crippen molar-refractivity contribution in [3.8, 4) is 17.0 Å². The number of nitrogens with zero attached hydrogens (tertiary/aromatic N) is 3. The highest BCUT2D eigenvalue weighted by molar-refractivity contribution is 5.68. The molecule has 0 atom stereocenters. The number of para-hydroxylation sites is 1. The quantitative estimate of drug-likeness (QED) is 0.788. The predicted octanol–water partition coefficient (Wildman–Crippen LogP) is 4.22. The summed E-state index contributed by atoms with van der Waals surface area (Å²) in [6.45, 7) is 0. The summed E-state index contributed by atoms with van der Waals surface area (Å²) in [5.41, 5.74) is 3.53. The minimum atomic E-state index is 0.258. The monoisotopic (exact) mass is 307 g/mol. The summed E-state index contributed by atoms with van der Waals surface area (Å²) >= 11 is 0. The number of hydrogen-bond acceptors (Lipinski definition) is 3. The Bertz CT molecular complexity index is 818. The van der Waals surface area contributed by atoms with Crippen LogP contribution in [0.4, 0.5) is 0 Å². The summed E-state index contributed by atoms with van der Waals surface area (Å²) in [6, 6.07) is 11.4. The fourth-order valence-corrected chi connectivity index (χ4v) is 3.58. The molecular weight excluding hydrogens is 286 g/mol. The van der Waals surface area contributed by atoms with Crippen molar-refractivity contribution >= 4 is 5.65 Å². The van der Waals surface area contributed by atoms with E-state index in [1.165, 1.54) is 32.1 Å². The van der Waals surface area contributed by atoms with Gasteiger partial charge in [0, 0.05) is 5.56 Å². The minimum absolute atomic E-state index is 0.258. The maximum Gasteiger partial charge on any atom is 0.154 e. The third-order valence-electron chi connectivity index (χ3n) is 4.82. The van der Waals surface area contributed by atoms with Crippen LogP contribution >= 0.6 is 0 Å². The van der Waals surface area contributed by atoms with Crippen LogP contribution < -0.4 is 0 Å². The highest BCUT2D eigenvalue weighted by Gasteiger charge is 2.16. The molecule has 23 heavy (non-hydrogen) atoms. The van der Waals surface area contributed by atoms with Crippen molar-refractivity contribution in [2.24, 2.45) is 5.92 Å². The number of aromatic hydroxyl groups is 1. The molecule has 1 aliphatic rings. The van der Waals surface area contributed by atoms with E-state index in [-0.39, 0.29) is 5.75 Å². The van der Waals surface area contributed by atoms with E-state index in [4.69, 9.17) is 5.10 Å². The molecule has 2 heterocycles. The third kappa shape index (κ3) is 2.81. The van der Waals surface area contributed by atoms with Crippen LogP contribution in [-0.4, -0.2) is 19.7 Å². The number of imidazole rings is 1. The second-order valence-corrected chi connectivity index (χ2v) is 6.46. The van der Waals surface area contributed by atoms with E-state index in [0.717, 1.165) is 34.9 Å². The predicted molar refractivity (Wildman–Crippen MR) is 90.4 cm³/mol. The van der Waals surface area contributed by atoms with Gasteiger partial charge in [-0.2, -0.15) is 5.10 Å². The molecule has 0 amide bonds. The van der Waals surface area contributed by atoms with Crippen LogP contribution in [0.25, 0.3) is 16.9 Å². The fourth-order valence-electron chi connectivity index (χ4n) is 3.58. The molecule has 1 saturated carbocycles. The van der Waals surface area contributed by atoms with E-state index in [1.807, 2.05) is 28.8 Å². The Kier molecular flexibility index (Phi) is 3.74. The average Bonchev–Trinajstić information content (AvgIpc) is 2.99. The molecule has 1 aromatic carbocycles. The largest absolute Gasteiger partial charge is 0.507 e. The van der Waals surface area contributed by atoms with Crippen molar-refractivity contribution in [2.45, 2.75) is 38.5 Å². The number of rotatable bonds is 3. The van der Waals surface area contributed by atoms with Gasteiger partial charge in [-0.05, 0) is 36.6 Å². The highest BCUT2D eigenvalue weighted by Crippen LogP contribution is 2.29. The van der Waals surface area contributed by atoms with Crippen molar-refractivity contribution in [3.05, 3.63) is 48.3 Å². The number of phenolic OH excluding ortho intramolecular Hbond substituents is 1. The lowest BCUT2D eigenvalue weighted by Gasteiger charge is -2.20. The first-order valence-electron chi connectivity index (χ1n) is 8.43. The summed E-state index contributed by atoms with van der Waals surface area (Å²) in [4.78, 5) is 4.41. The molecule has 0 aliphatic heterocycles. The van der Waals surface area contributed by atoms with Gasteiger partial charge < -0.3 is 5.11 Å². The Morgan fingerprint density at radius 2 is 1.87 bits per heavy atom. The zero-order valence-corrected chi connectivity index (χ0v) is 13.2. The maximum absolute atomic E-state index is 10.1. The van der Waals surface area contributed by atoms with Crippen molar-refractivity contribution in [3.63, 3.8) is 0 Å². The van der Waals surface area contributed by atoms with Crippen LogP contribution in [0, 0.1) is 5.92 Å². The topological polar surface area (TPSA) is 50.4 Å². The van der Waals surface area contributed by atoms with Crippen molar-refractivity contribution in [1.29, 1.82) is 0 Å². The standard InChI is InChI=1S/C19H21N3O/c23-18-9-5-4-8-16(18)17-13-20-19-11-10-15(21-22(17)19)12-14-6-2-1-3-7-14/h4-5,8-11,13-14,23H,1-3,6-7,12H2. The van der Waals surface area contributed by atoms with Crippen molar-refractivity contribution in [1.82, 2.24) is 14.6 Å². The molecule has 118 valence electrons. The Labute approximate surface area is 135 Å². The van der Waals surface area contributed by atoms with Crippen LogP contribution in [-0.2, 0) is 6.42 Å². The Hall–Kier alpha value is -2.36. The number of benzene rings is 1. The molecule has 1 fully saturated rings. The van der Waals surface area contributed by atoms with E-state index in [2.05, 4.69) is 11.1 Å². The Morgan fingerprint density at radius 3 is 2.70 bits per heavy atom. The summed E-state index contributed by atoms with van der Waals surface area (Å²) in [7, 11) is 0. The van der Waals surface area contributed by atoms with Gasteiger partial charge in [0.25, 0.3) is 0 Å². The van der Waals surface area contributed by atoms with Gasteiger partial charge in [-0.15, -0.1) is 0 Å². The van der Waals surface area contributed by atoms with Crippen LogP contribution in [0.15, 0.2) is 42.6 Å². The van der Waals surface area contributed by atoms with Crippen LogP contribution in [0.5, 0.6) is 5.75 Å². The van der Waals surface area contributed by atoms with Gasteiger partial charge in [-0.25, -0.2) is 9.50 Å². The zero-order valence-electron chi connectivity index (χ0n) is 13.2. The first-order valence-corrected chi connectivity index (χ1v) is 8.43. The Morgan fingerprint density at radius 1 is 1.04 bits per heavy atom. The van der Waals surface area contributed by atoms with E-state index >= 15 is 0 Å². The highest BCUT2D eigenvalue weighted by atomic mass is 16.3. The molecule has 0 unspecified atom stereocenters. The summed E-state index contributed by atoms with van der Waals surface area (Å²) in [5.74, 6) is 1.01. The van der Waals surface area contributed by atoms with Crippen LogP contribution in [0.1, 0.15) is 37.8 Å². The second kappa shape index (κ2) is 6.03. The van der Waals surface area contributed by atoms with Crippen molar-refractivity contribution < 1.29 is 5.11 Å².